The molecule has 0 saturated carbocycles. The van der Waals surface area contributed by atoms with Gasteiger partial charge in [-0.25, -0.2) is 4.98 Å². The molecule has 0 aliphatic heterocycles. The first-order valence-corrected chi connectivity index (χ1v) is 5.73. The highest BCUT2D eigenvalue weighted by molar-refractivity contribution is 5.66. The fourth-order valence-corrected chi connectivity index (χ4v) is 1.95. The molecule has 0 unspecified atom stereocenters. The van der Waals surface area contributed by atoms with Crippen LogP contribution in [0.5, 0.6) is 0 Å². The Balaban J connectivity index is 2.12. The van der Waals surface area contributed by atoms with Crippen molar-refractivity contribution in [3.63, 3.8) is 0 Å². The van der Waals surface area contributed by atoms with E-state index < -0.39 is 0 Å². The summed E-state index contributed by atoms with van der Waals surface area (Å²) >= 11 is 0. The summed E-state index contributed by atoms with van der Waals surface area (Å²) < 4.78 is 3.86. The van der Waals surface area contributed by atoms with Gasteiger partial charge in [-0.3, -0.25) is 4.68 Å². The molecule has 0 aliphatic carbocycles. The van der Waals surface area contributed by atoms with Crippen molar-refractivity contribution in [1.82, 2.24) is 19.2 Å². The summed E-state index contributed by atoms with van der Waals surface area (Å²) in [6.07, 6.45) is 8.96. The van der Waals surface area contributed by atoms with Crippen LogP contribution in [0.1, 0.15) is 12.6 Å². The van der Waals surface area contributed by atoms with E-state index in [1.54, 1.807) is 0 Å². The third-order valence-corrected chi connectivity index (χ3v) is 2.91. The van der Waals surface area contributed by atoms with Crippen molar-refractivity contribution in [2.24, 2.45) is 7.05 Å². The summed E-state index contributed by atoms with van der Waals surface area (Å²) in [7, 11) is 1.92. The van der Waals surface area contributed by atoms with E-state index in [4.69, 9.17) is 0 Å². The average Bonchev–Trinajstić information content (AvgIpc) is 2.93. The normalized spacial score (nSPS) is 11.2. The van der Waals surface area contributed by atoms with Crippen molar-refractivity contribution in [3.05, 3.63) is 42.6 Å². The van der Waals surface area contributed by atoms with E-state index in [-0.39, 0.29) is 0 Å². The van der Waals surface area contributed by atoms with Gasteiger partial charge in [-0.2, -0.15) is 5.10 Å². The van der Waals surface area contributed by atoms with Crippen molar-refractivity contribution in [2.45, 2.75) is 13.3 Å². The Morgan fingerprint density at radius 1 is 1.24 bits per heavy atom. The fourth-order valence-electron chi connectivity index (χ4n) is 1.95. The van der Waals surface area contributed by atoms with Crippen LogP contribution in [0.15, 0.2) is 36.9 Å². The summed E-state index contributed by atoms with van der Waals surface area (Å²) in [6, 6.07) is 4.18. The zero-order valence-corrected chi connectivity index (χ0v) is 9.96. The second-order valence-electron chi connectivity index (χ2n) is 4.17. The highest BCUT2D eigenvalue weighted by Crippen LogP contribution is 2.20. The number of aromatic nitrogens is 4. The number of hydrogen-bond donors (Lipinski definition) is 0. The van der Waals surface area contributed by atoms with E-state index in [2.05, 4.69) is 39.7 Å². The van der Waals surface area contributed by atoms with Crippen LogP contribution in [0.3, 0.4) is 0 Å². The van der Waals surface area contributed by atoms with E-state index in [9.17, 15) is 0 Å². The zero-order chi connectivity index (χ0) is 11.8. The molecule has 0 atom stereocenters. The molecule has 0 fully saturated rings. The standard InChI is InChI=1S/C13H14N4/c1-3-12-9-17-5-4-10(6-13(17)15-12)11-7-14-16(2)8-11/h4-9H,3H2,1-2H3. The Hall–Kier alpha value is -2.10. The van der Waals surface area contributed by atoms with Crippen molar-refractivity contribution in [1.29, 1.82) is 0 Å². The highest BCUT2D eigenvalue weighted by atomic mass is 15.2. The van der Waals surface area contributed by atoms with Gasteiger partial charge in [0.05, 0.1) is 11.9 Å². The topological polar surface area (TPSA) is 35.1 Å². The largest absolute Gasteiger partial charge is 0.307 e. The van der Waals surface area contributed by atoms with Gasteiger partial charge in [0, 0.05) is 31.2 Å². The quantitative estimate of drug-likeness (QED) is 0.672. The summed E-state index contributed by atoms with van der Waals surface area (Å²) in [5, 5.41) is 4.18. The summed E-state index contributed by atoms with van der Waals surface area (Å²) in [5.74, 6) is 0. The maximum absolute atomic E-state index is 4.56. The predicted octanol–water partition coefficient (Wildman–Crippen LogP) is 2.30. The summed E-state index contributed by atoms with van der Waals surface area (Å²) in [4.78, 5) is 4.56. The fraction of sp³-hybridized carbons (Fsp3) is 0.231. The van der Waals surface area contributed by atoms with Crippen LogP contribution in [-0.4, -0.2) is 19.2 Å². The number of aryl methyl sites for hydroxylation is 2. The molecule has 3 aromatic rings. The van der Waals surface area contributed by atoms with Gasteiger partial charge < -0.3 is 4.40 Å². The number of fused-ring (bicyclic) bond motifs is 1. The Kier molecular flexibility index (Phi) is 2.21. The average molecular weight is 226 g/mol. The van der Waals surface area contributed by atoms with Crippen molar-refractivity contribution >= 4 is 5.65 Å². The van der Waals surface area contributed by atoms with Crippen LogP contribution in [-0.2, 0) is 13.5 Å². The molecule has 0 spiro atoms. The van der Waals surface area contributed by atoms with Crippen LogP contribution < -0.4 is 0 Å². The molecule has 0 aliphatic rings. The molecule has 0 N–H and O–H groups in total. The molecule has 4 heteroatoms. The lowest BCUT2D eigenvalue weighted by Crippen LogP contribution is -1.85. The minimum absolute atomic E-state index is 0.962. The van der Waals surface area contributed by atoms with Gasteiger partial charge in [-0.1, -0.05) is 6.92 Å². The molecular weight excluding hydrogens is 212 g/mol. The lowest BCUT2D eigenvalue weighted by atomic mass is 10.1. The number of pyridine rings is 1. The Morgan fingerprint density at radius 3 is 2.82 bits per heavy atom. The molecule has 17 heavy (non-hydrogen) atoms. The van der Waals surface area contributed by atoms with E-state index in [0.717, 1.165) is 28.9 Å². The van der Waals surface area contributed by atoms with Crippen LogP contribution >= 0.6 is 0 Å². The minimum atomic E-state index is 0.962. The van der Waals surface area contributed by atoms with E-state index in [1.807, 2.05) is 30.3 Å². The maximum Gasteiger partial charge on any atom is 0.137 e. The van der Waals surface area contributed by atoms with Crippen molar-refractivity contribution in [2.75, 3.05) is 0 Å². The second-order valence-corrected chi connectivity index (χ2v) is 4.17. The number of rotatable bonds is 2. The van der Waals surface area contributed by atoms with Gasteiger partial charge >= 0.3 is 0 Å². The molecule has 3 heterocycles. The van der Waals surface area contributed by atoms with Gasteiger partial charge in [-0.05, 0) is 24.1 Å². The predicted molar refractivity (Wildman–Crippen MR) is 66.8 cm³/mol. The monoisotopic (exact) mass is 226 g/mol. The van der Waals surface area contributed by atoms with E-state index in [0.29, 0.717) is 0 Å². The molecule has 4 nitrogen and oxygen atoms in total. The first kappa shape index (κ1) is 10.1. The Bertz CT molecular complexity index is 663. The maximum atomic E-state index is 4.56. The number of nitrogens with zero attached hydrogens (tertiary/aromatic N) is 4. The molecular formula is C13H14N4. The minimum Gasteiger partial charge on any atom is -0.307 e. The smallest absolute Gasteiger partial charge is 0.137 e. The molecule has 0 bridgehead atoms. The van der Waals surface area contributed by atoms with Gasteiger partial charge in [0.25, 0.3) is 0 Å². The van der Waals surface area contributed by atoms with E-state index in [1.165, 1.54) is 0 Å². The van der Waals surface area contributed by atoms with Crippen LogP contribution in [0.25, 0.3) is 16.8 Å². The molecule has 3 rings (SSSR count). The van der Waals surface area contributed by atoms with Crippen molar-refractivity contribution < 1.29 is 0 Å². The first-order valence-electron chi connectivity index (χ1n) is 5.73. The van der Waals surface area contributed by atoms with Gasteiger partial charge in [-0.15, -0.1) is 0 Å². The van der Waals surface area contributed by atoms with Gasteiger partial charge in [0.2, 0.25) is 0 Å². The first-order chi connectivity index (χ1) is 8.26. The number of imidazole rings is 1. The summed E-state index contributed by atoms with van der Waals surface area (Å²) in [5.41, 5.74) is 4.38. The zero-order valence-electron chi connectivity index (χ0n) is 9.96. The van der Waals surface area contributed by atoms with E-state index >= 15 is 0 Å². The number of hydrogen-bond acceptors (Lipinski definition) is 2. The SMILES string of the molecule is CCc1cn2ccc(-c3cnn(C)c3)cc2n1. The Labute approximate surface area is 99.5 Å². The molecule has 0 saturated heterocycles. The van der Waals surface area contributed by atoms with Crippen LogP contribution in [0.4, 0.5) is 0 Å². The van der Waals surface area contributed by atoms with Gasteiger partial charge in [0.1, 0.15) is 5.65 Å². The second kappa shape index (κ2) is 3.73. The third kappa shape index (κ3) is 1.71. The lowest BCUT2D eigenvalue weighted by molar-refractivity contribution is 0.768. The highest BCUT2D eigenvalue weighted by Gasteiger charge is 2.04. The van der Waals surface area contributed by atoms with Crippen molar-refractivity contribution in [3.8, 4) is 11.1 Å². The molecule has 0 aromatic carbocycles. The van der Waals surface area contributed by atoms with Crippen LogP contribution in [0.2, 0.25) is 0 Å². The van der Waals surface area contributed by atoms with Crippen LogP contribution in [0, 0.1) is 0 Å². The molecule has 0 amide bonds. The third-order valence-electron chi connectivity index (χ3n) is 2.91. The molecule has 86 valence electrons. The van der Waals surface area contributed by atoms with Gasteiger partial charge in [0.15, 0.2) is 0 Å². The Morgan fingerprint density at radius 2 is 2.12 bits per heavy atom. The summed E-state index contributed by atoms with van der Waals surface area (Å²) in [6.45, 7) is 2.11. The molecule has 0 radical (unpaired) electrons. The molecule has 3 aromatic heterocycles. The lowest BCUT2D eigenvalue weighted by Gasteiger charge is -1.98.